The summed E-state index contributed by atoms with van der Waals surface area (Å²) >= 11 is 0. The van der Waals surface area contributed by atoms with Gasteiger partial charge in [0.25, 0.3) is 0 Å². The quantitative estimate of drug-likeness (QED) is 0.834. The minimum Gasteiger partial charge on any atom is -0.503 e. The summed E-state index contributed by atoms with van der Waals surface area (Å²) < 4.78 is 7.83. The minimum atomic E-state index is -0.621. The van der Waals surface area contributed by atoms with Crippen molar-refractivity contribution in [2.24, 2.45) is 12.1 Å². The molecule has 0 aliphatic heterocycles. The van der Waals surface area contributed by atoms with Crippen LogP contribution in [0.25, 0.3) is 0 Å². The van der Waals surface area contributed by atoms with Crippen LogP contribution in [0.2, 0.25) is 0 Å². The third kappa shape index (κ3) is 3.69. The molecular weight excluding hydrogens is 284 g/mol. The first-order valence-electron chi connectivity index (χ1n) is 6.84. The Morgan fingerprint density at radius 1 is 1.27 bits per heavy atom. The number of ether oxygens (including phenoxy) is 1. The van der Waals surface area contributed by atoms with Gasteiger partial charge in [0.1, 0.15) is 5.60 Å². The van der Waals surface area contributed by atoms with Crippen LogP contribution in [-0.2, 0) is 11.8 Å². The van der Waals surface area contributed by atoms with Crippen molar-refractivity contribution in [3.63, 3.8) is 0 Å². The van der Waals surface area contributed by atoms with Gasteiger partial charge in [0.05, 0.1) is 11.9 Å². The second kappa shape index (κ2) is 5.97. The van der Waals surface area contributed by atoms with E-state index in [0.29, 0.717) is 0 Å². The van der Waals surface area contributed by atoms with Gasteiger partial charge in [-0.25, -0.2) is 4.79 Å². The van der Waals surface area contributed by atoms with Crippen molar-refractivity contribution < 1.29 is 14.6 Å². The summed E-state index contributed by atoms with van der Waals surface area (Å²) in [4.78, 5) is 12.1. The van der Waals surface area contributed by atoms with Gasteiger partial charge in [-0.1, -0.05) is 18.2 Å². The Bertz CT molecular complexity index is 723. The van der Waals surface area contributed by atoms with Crippen LogP contribution >= 0.6 is 0 Å². The van der Waals surface area contributed by atoms with E-state index in [1.54, 1.807) is 27.8 Å². The highest BCUT2D eigenvalue weighted by atomic mass is 16.6. The standard InChI is InChI=1S/C15H20N4O3/c1-15(2,3)22-14(21)19-10-12(20)13(18(19)4)17-16-11-8-6-5-7-9-11/h5-10,16,20H,1-4H3. The molecule has 1 aromatic heterocycles. The number of rotatable bonds is 2. The molecule has 0 saturated carbocycles. The van der Waals surface area contributed by atoms with E-state index in [-0.39, 0.29) is 11.2 Å². The molecule has 2 aromatic rings. The van der Waals surface area contributed by atoms with E-state index in [9.17, 15) is 9.90 Å². The van der Waals surface area contributed by atoms with Crippen LogP contribution in [0.3, 0.4) is 0 Å². The van der Waals surface area contributed by atoms with Crippen LogP contribution in [0.4, 0.5) is 10.5 Å². The number of hydrogen-bond acceptors (Lipinski definition) is 5. The highest BCUT2D eigenvalue weighted by Gasteiger charge is 2.20. The third-order valence-corrected chi connectivity index (χ3v) is 2.75. The summed E-state index contributed by atoms with van der Waals surface area (Å²) in [7, 11) is 1.61. The Kier molecular flexibility index (Phi) is 4.25. The molecule has 7 nitrogen and oxygen atoms in total. The Labute approximate surface area is 128 Å². The molecule has 0 fully saturated rings. The van der Waals surface area contributed by atoms with E-state index >= 15 is 0 Å². The summed E-state index contributed by atoms with van der Waals surface area (Å²) in [5, 5.41) is 14.1. The van der Waals surface area contributed by atoms with Gasteiger partial charge in [-0.2, -0.15) is 9.78 Å². The molecular formula is C15H20N4O3. The Balaban J connectivity index is 2.29. The fourth-order valence-corrected chi connectivity index (χ4v) is 1.77. The van der Waals surface area contributed by atoms with Crippen LogP contribution in [0, 0.1) is 0 Å². The van der Waals surface area contributed by atoms with E-state index in [0.717, 1.165) is 10.4 Å². The van der Waals surface area contributed by atoms with Gasteiger partial charge in [-0.3, -0.25) is 10.1 Å². The lowest BCUT2D eigenvalue weighted by molar-refractivity contribution is 0.0493. The number of nitrogens with zero attached hydrogens (tertiary/aromatic N) is 3. The first kappa shape index (κ1) is 15.7. The largest absolute Gasteiger partial charge is 0.503 e. The van der Waals surface area contributed by atoms with Gasteiger partial charge in [-0.05, 0) is 32.9 Å². The molecule has 1 aromatic carbocycles. The Morgan fingerprint density at radius 2 is 1.91 bits per heavy atom. The number of aromatic nitrogens is 2. The van der Waals surface area contributed by atoms with Gasteiger partial charge < -0.3 is 9.84 Å². The molecule has 7 heteroatoms. The lowest BCUT2D eigenvalue weighted by atomic mass is 10.2. The highest BCUT2D eigenvalue weighted by Crippen LogP contribution is 2.10. The van der Waals surface area contributed by atoms with Crippen molar-refractivity contribution in [2.75, 3.05) is 5.43 Å². The second-order valence-corrected chi connectivity index (χ2v) is 5.78. The van der Waals surface area contributed by atoms with E-state index in [1.807, 2.05) is 30.3 Å². The van der Waals surface area contributed by atoms with Gasteiger partial charge in [-0.15, -0.1) is 0 Å². The van der Waals surface area contributed by atoms with E-state index in [4.69, 9.17) is 4.74 Å². The first-order valence-corrected chi connectivity index (χ1v) is 6.84. The predicted octanol–water partition coefficient (Wildman–Crippen LogP) is 2.24. The molecule has 0 aliphatic carbocycles. The van der Waals surface area contributed by atoms with Crippen molar-refractivity contribution in [1.29, 1.82) is 0 Å². The van der Waals surface area contributed by atoms with Gasteiger partial charge >= 0.3 is 6.09 Å². The molecule has 0 unspecified atom stereocenters. The number of aromatic hydroxyl groups is 1. The predicted molar refractivity (Wildman–Crippen MR) is 82.3 cm³/mol. The maximum atomic E-state index is 12.1. The van der Waals surface area contributed by atoms with Crippen molar-refractivity contribution in [1.82, 2.24) is 9.36 Å². The number of carbonyl (C=O) groups excluding carboxylic acids is 1. The summed E-state index contributed by atoms with van der Waals surface area (Å²) in [6, 6.07) is 9.30. The van der Waals surface area contributed by atoms with Gasteiger partial charge in [0.2, 0.25) is 5.49 Å². The topological polar surface area (TPSA) is 80.8 Å². The van der Waals surface area contributed by atoms with Gasteiger partial charge in [0, 0.05) is 7.05 Å². The average Bonchev–Trinajstić information content (AvgIpc) is 2.71. The third-order valence-electron chi connectivity index (χ3n) is 2.75. The summed E-state index contributed by atoms with van der Waals surface area (Å²) in [5.74, 6) is -0.128. The molecule has 1 heterocycles. The average molecular weight is 304 g/mol. The number of carbonyl (C=O) groups is 1. The number of hydrogen-bond donors (Lipinski definition) is 2. The highest BCUT2D eigenvalue weighted by molar-refractivity contribution is 5.70. The lowest BCUT2D eigenvalue weighted by Gasteiger charge is -2.19. The number of benzene rings is 1. The maximum Gasteiger partial charge on any atom is 0.433 e. The molecule has 2 N–H and O–H groups in total. The van der Waals surface area contributed by atoms with Crippen molar-refractivity contribution >= 4 is 11.8 Å². The fraction of sp³-hybridized carbons (Fsp3) is 0.333. The molecule has 22 heavy (non-hydrogen) atoms. The zero-order valence-corrected chi connectivity index (χ0v) is 13.1. The maximum absolute atomic E-state index is 12.1. The molecule has 0 amide bonds. The van der Waals surface area contributed by atoms with Crippen molar-refractivity contribution in [3.8, 4) is 5.75 Å². The minimum absolute atomic E-state index is 0.128. The molecule has 2 rings (SSSR count). The molecule has 0 saturated heterocycles. The number of nitrogens with one attached hydrogen (secondary N) is 1. The zero-order valence-electron chi connectivity index (χ0n) is 13.1. The molecule has 0 bridgehead atoms. The van der Waals surface area contributed by atoms with Crippen LogP contribution in [-0.4, -0.2) is 26.2 Å². The van der Waals surface area contributed by atoms with E-state index in [1.165, 1.54) is 10.9 Å². The Morgan fingerprint density at radius 3 is 2.50 bits per heavy atom. The van der Waals surface area contributed by atoms with Crippen LogP contribution in [0.1, 0.15) is 20.8 Å². The van der Waals surface area contributed by atoms with Crippen LogP contribution in [0.5, 0.6) is 5.75 Å². The van der Waals surface area contributed by atoms with Crippen LogP contribution < -0.4 is 10.9 Å². The smallest absolute Gasteiger partial charge is 0.433 e. The summed E-state index contributed by atoms with van der Waals surface area (Å²) in [6.45, 7) is 5.32. The normalized spacial score (nSPS) is 12.3. The number of para-hydroxylation sites is 1. The second-order valence-electron chi connectivity index (χ2n) is 5.78. The molecule has 0 spiro atoms. The zero-order chi connectivity index (χ0) is 16.3. The SMILES string of the molecule is Cn1c(=NNc2ccccc2)c(O)cn1C(=O)OC(C)(C)C. The number of anilines is 1. The molecule has 118 valence electrons. The molecule has 0 aliphatic rings. The van der Waals surface area contributed by atoms with Crippen molar-refractivity contribution in [2.45, 2.75) is 26.4 Å². The van der Waals surface area contributed by atoms with Crippen LogP contribution in [0.15, 0.2) is 41.6 Å². The molecule has 0 atom stereocenters. The van der Waals surface area contributed by atoms with E-state index < -0.39 is 11.7 Å². The van der Waals surface area contributed by atoms with Crippen molar-refractivity contribution in [3.05, 3.63) is 42.0 Å². The van der Waals surface area contributed by atoms with E-state index in [2.05, 4.69) is 10.5 Å². The monoisotopic (exact) mass is 304 g/mol. The fourth-order valence-electron chi connectivity index (χ4n) is 1.77. The molecule has 0 radical (unpaired) electrons. The van der Waals surface area contributed by atoms with Gasteiger partial charge in [0.15, 0.2) is 5.75 Å². The summed E-state index contributed by atoms with van der Waals surface area (Å²) in [5.41, 5.74) is 3.19. The summed E-state index contributed by atoms with van der Waals surface area (Å²) in [6.07, 6.45) is 0.672. The Hall–Kier alpha value is -2.70. The first-order chi connectivity index (χ1) is 10.3. The lowest BCUT2D eigenvalue weighted by Crippen LogP contribution is -2.32.